The summed E-state index contributed by atoms with van der Waals surface area (Å²) in [7, 11) is 0. The lowest BCUT2D eigenvalue weighted by molar-refractivity contribution is -0.146. The van der Waals surface area contributed by atoms with Crippen LogP contribution in [-0.4, -0.2) is 29.2 Å². The Morgan fingerprint density at radius 2 is 1.85 bits per heavy atom. The van der Waals surface area contributed by atoms with Crippen LogP contribution < -0.4 is 0 Å². The SMILES string of the molecule is CCC(C(=O)O)C(=O)CC(=O)COCc1ccccc1. The molecule has 108 valence electrons. The Morgan fingerprint density at radius 3 is 2.40 bits per heavy atom. The standard InChI is InChI=1S/C15H18O5/c1-2-13(15(18)19)14(17)8-12(16)10-20-9-11-6-4-3-5-7-11/h3-7,13H,2,8-10H2,1H3,(H,18,19). The molecule has 5 heteroatoms. The van der Waals surface area contributed by atoms with Crippen LogP contribution in [-0.2, 0) is 25.7 Å². The predicted octanol–water partition coefficient (Wildman–Crippen LogP) is 1.84. The zero-order valence-corrected chi connectivity index (χ0v) is 11.4. The first-order chi connectivity index (χ1) is 9.54. The normalized spacial score (nSPS) is 11.8. The van der Waals surface area contributed by atoms with E-state index in [1.807, 2.05) is 30.3 Å². The Morgan fingerprint density at radius 1 is 1.20 bits per heavy atom. The summed E-state index contributed by atoms with van der Waals surface area (Å²) in [5, 5.41) is 8.82. The first-order valence-corrected chi connectivity index (χ1v) is 6.43. The number of hydrogen-bond donors (Lipinski definition) is 1. The van der Waals surface area contributed by atoms with Crippen LogP contribution in [0.4, 0.5) is 0 Å². The molecular weight excluding hydrogens is 260 g/mol. The van der Waals surface area contributed by atoms with Crippen LogP contribution in [0, 0.1) is 5.92 Å². The Labute approximate surface area is 117 Å². The van der Waals surface area contributed by atoms with Gasteiger partial charge in [-0.05, 0) is 12.0 Å². The fourth-order valence-electron chi connectivity index (χ4n) is 1.77. The van der Waals surface area contributed by atoms with E-state index in [1.54, 1.807) is 6.92 Å². The summed E-state index contributed by atoms with van der Waals surface area (Å²) in [6.45, 7) is 1.71. The molecule has 5 nitrogen and oxygen atoms in total. The number of hydrogen-bond acceptors (Lipinski definition) is 4. The van der Waals surface area contributed by atoms with Gasteiger partial charge in [0.1, 0.15) is 12.5 Å². The average molecular weight is 278 g/mol. The highest BCUT2D eigenvalue weighted by Gasteiger charge is 2.25. The molecule has 0 aliphatic heterocycles. The number of Topliss-reactive ketones (excluding diaryl/α,β-unsaturated/α-hetero) is 2. The van der Waals surface area contributed by atoms with Crippen molar-refractivity contribution in [3.63, 3.8) is 0 Å². The van der Waals surface area contributed by atoms with E-state index in [2.05, 4.69) is 0 Å². The highest BCUT2D eigenvalue weighted by molar-refractivity contribution is 6.07. The van der Waals surface area contributed by atoms with Crippen molar-refractivity contribution in [2.45, 2.75) is 26.4 Å². The van der Waals surface area contributed by atoms with Gasteiger partial charge in [0, 0.05) is 0 Å². The van der Waals surface area contributed by atoms with Crippen molar-refractivity contribution in [3.05, 3.63) is 35.9 Å². The summed E-state index contributed by atoms with van der Waals surface area (Å²) in [6.07, 6.45) is -0.202. The topological polar surface area (TPSA) is 80.7 Å². The highest BCUT2D eigenvalue weighted by Crippen LogP contribution is 2.08. The number of carboxylic acids is 1. The van der Waals surface area contributed by atoms with Crippen molar-refractivity contribution in [1.82, 2.24) is 0 Å². The third-order valence-corrected chi connectivity index (χ3v) is 2.84. The third kappa shape index (κ3) is 5.32. The lowest BCUT2D eigenvalue weighted by Gasteiger charge is -2.08. The Bertz CT molecular complexity index is 466. The van der Waals surface area contributed by atoms with Crippen molar-refractivity contribution < 1.29 is 24.2 Å². The van der Waals surface area contributed by atoms with Crippen LogP contribution in [0.2, 0.25) is 0 Å². The molecule has 0 saturated heterocycles. The second-order valence-corrected chi connectivity index (χ2v) is 4.46. The first kappa shape index (κ1) is 16.0. The summed E-state index contributed by atoms with van der Waals surface area (Å²) in [6, 6.07) is 9.34. The van der Waals surface area contributed by atoms with Gasteiger partial charge in [-0.2, -0.15) is 0 Å². The number of benzene rings is 1. The predicted molar refractivity (Wildman–Crippen MR) is 72.1 cm³/mol. The maximum atomic E-state index is 11.6. The van der Waals surface area contributed by atoms with E-state index in [1.165, 1.54) is 0 Å². The van der Waals surface area contributed by atoms with Crippen LogP contribution in [0.25, 0.3) is 0 Å². The van der Waals surface area contributed by atoms with Crippen LogP contribution in [0.5, 0.6) is 0 Å². The molecule has 0 heterocycles. The van der Waals surface area contributed by atoms with Gasteiger partial charge in [-0.15, -0.1) is 0 Å². The van der Waals surface area contributed by atoms with Crippen LogP contribution >= 0.6 is 0 Å². The molecule has 1 atom stereocenters. The number of ketones is 2. The average Bonchev–Trinajstić information content (AvgIpc) is 2.40. The van der Waals surface area contributed by atoms with Gasteiger partial charge in [0.15, 0.2) is 11.6 Å². The van der Waals surface area contributed by atoms with Gasteiger partial charge in [0.2, 0.25) is 0 Å². The smallest absolute Gasteiger partial charge is 0.314 e. The molecule has 0 bridgehead atoms. The Hall–Kier alpha value is -2.01. The molecule has 0 aliphatic carbocycles. The number of ether oxygens (including phenoxy) is 1. The summed E-state index contributed by atoms with van der Waals surface area (Å²) in [5.41, 5.74) is 0.934. The van der Waals surface area contributed by atoms with E-state index in [9.17, 15) is 14.4 Å². The molecule has 0 saturated carbocycles. The van der Waals surface area contributed by atoms with Gasteiger partial charge in [0.05, 0.1) is 13.0 Å². The molecule has 1 unspecified atom stereocenters. The molecule has 0 aromatic heterocycles. The zero-order valence-electron chi connectivity index (χ0n) is 11.4. The monoisotopic (exact) mass is 278 g/mol. The van der Waals surface area contributed by atoms with Gasteiger partial charge < -0.3 is 9.84 Å². The van der Waals surface area contributed by atoms with Gasteiger partial charge in [-0.25, -0.2) is 0 Å². The second kappa shape index (κ2) is 8.22. The fourth-order valence-corrected chi connectivity index (χ4v) is 1.77. The van der Waals surface area contributed by atoms with Crippen molar-refractivity contribution in [3.8, 4) is 0 Å². The van der Waals surface area contributed by atoms with E-state index in [0.29, 0.717) is 0 Å². The minimum absolute atomic E-state index is 0.184. The maximum Gasteiger partial charge on any atom is 0.314 e. The van der Waals surface area contributed by atoms with Crippen molar-refractivity contribution >= 4 is 17.5 Å². The molecule has 1 N–H and O–H groups in total. The molecule has 0 aliphatic rings. The minimum Gasteiger partial charge on any atom is -0.481 e. The van der Waals surface area contributed by atoms with Crippen molar-refractivity contribution in [2.75, 3.05) is 6.61 Å². The van der Waals surface area contributed by atoms with Gasteiger partial charge >= 0.3 is 5.97 Å². The number of aliphatic carboxylic acids is 1. The maximum absolute atomic E-state index is 11.6. The van der Waals surface area contributed by atoms with E-state index < -0.39 is 23.5 Å². The number of carbonyl (C=O) groups is 3. The van der Waals surface area contributed by atoms with E-state index >= 15 is 0 Å². The van der Waals surface area contributed by atoms with Crippen LogP contribution in [0.1, 0.15) is 25.3 Å². The van der Waals surface area contributed by atoms with E-state index in [0.717, 1.165) is 5.56 Å². The van der Waals surface area contributed by atoms with Crippen molar-refractivity contribution in [2.24, 2.45) is 5.92 Å². The largest absolute Gasteiger partial charge is 0.481 e. The molecule has 1 aromatic carbocycles. The minimum atomic E-state index is -1.18. The van der Waals surface area contributed by atoms with Gasteiger partial charge in [-0.3, -0.25) is 14.4 Å². The Balaban J connectivity index is 2.33. The molecule has 1 rings (SSSR count). The quantitative estimate of drug-likeness (QED) is 0.697. The summed E-state index contributed by atoms with van der Waals surface area (Å²) in [5.74, 6) is -3.25. The second-order valence-electron chi connectivity index (χ2n) is 4.46. The van der Waals surface area contributed by atoms with Crippen LogP contribution in [0.15, 0.2) is 30.3 Å². The third-order valence-electron chi connectivity index (χ3n) is 2.84. The lowest BCUT2D eigenvalue weighted by atomic mass is 9.97. The fraction of sp³-hybridized carbons (Fsp3) is 0.400. The van der Waals surface area contributed by atoms with E-state index in [-0.39, 0.29) is 26.1 Å². The summed E-state index contributed by atoms with van der Waals surface area (Å²) < 4.78 is 5.21. The first-order valence-electron chi connectivity index (χ1n) is 6.43. The number of carbonyl (C=O) groups excluding carboxylic acids is 2. The highest BCUT2D eigenvalue weighted by atomic mass is 16.5. The van der Waals surface area contributed by atoms with Crippen LogP contribution in [0.3, 0.4) is 0 Å². The summed E-state index contributed by atoms with van der Waals surface area (Å²) >= 11 is 0. The molecule has 0 amide bonds. The molecule has 0 radical (unpaired) electrons. The summed E-state index contributed by atoms with van der Waals surface area (Å²) in [4.78, 5) is 33.9. The number of carboxylic acid groups (broad SMARTS) is 1. The molecule has 20 heavy (non-hydrogen) atoms. The van der Waals surface area contributed by atoms with Gasteiger partial charge in [-0.1, -0.05) is 37.3 Å². The van der Waals surface area contributed by atoms with Gasteiger partial charge in [0.25, 0.3) is 0 Å². The molecular formula is C15H18O5. The zero-order chi connectivity index (χ0) is 15.0. The lowest BCUT2D eigenvalue weighted by Crippen LogP contribution is -2.26. The van der Waals surface area contributed by atoms with E-state index in [4.69, 9.17) is 9.84 Å². The molecule has 0 spiro atoms. The number of rotatable bonds is 9. The molecule has 1 aromatic rings. The molecule has 0 fully saturated rings. The Kier molecular flexibility index (Phi) is 6.59. The van der Waals surface area contributed by atoms with Crippen molar-refractivity contribution in [1.29, 1.82) is 0 Å².